The van der Waals surface area contributed by atoms with Crippen LogP contribution in [0.5, 0.6) is 5.75 Å². The van der Waals surface area contributed by atoms with Gasteiger partial charge in [-0.3, -0.25) is 6.08 Å². The largest absolute Gasteiger partial charge is 1.00 e. The summed E-state index contributed by atoms with van der Waals surface area (Å²) in [5.74, 6) is 0.956. The number of hydrogen-bond donors (Lipinski definition) is 1. The Morgan fingerprint density at radius 2 is 1.46 bits per heavy atom. The van der Waals surface area contributed by atoms with E-state index in [1.54, 1.807) is 6.07 Å². The van der Waals surface area contributed by atoms with E-state index in [4.69, 9.17) is 0 Å². The number of benzene rings is 1. The molecule has 0 radical (unpaired) electrons. The zero-order valence-electron chi connectivity index (χ0n) is 16.0. The first-order chi connectivity index (χ1) is 9.52. The van der Waals surface area contributed by atoms with Crippen LogP contribution in [-0.4, -0.2) is 13.2 Å². The van der Waals surface area contributed by atoms with Crippen LogP contribution in [0.15, 0.2) is 34.9 Å². The molecule has 1 unspecified atom stereocenters. The van der Waals surface area contributed by atoms with Gasteiger partial charge < -0.3 is 29.9 Å². The maximum Gasteiger partial charge on any atom is 0.115 e. The summed E-state index contributed by atoms with van der Waals surface area (Å²) in [4.78, 5) is 0. The van der Waals surface area contributed by atoms with Crippen molar-refractivity contribution in [2.24, 2.45) is 5.92 Å². The first-order valence-electron chi connectivity index (χ1n) is 7.61. The molecule has 0 bridgehead atoms. The van der Waals surface area contributed by atoms with Crippen LogP contribution in [0.25, 0.3) is 0 Å². The zero-order chi connectivity index (χ0) is 16.4. The fourth-order valence-electron chi connectivity index (χ4n) is 2.36. The first kappa shape index (κ1) is 28.8. The van der Waals surface area contributed by atoms with Crippen LogP contribution >= 0.6 is 0 Å². The molecule has 136 valence electrons. The molecule has 1 aromatic carbocycles. The fourth-order valence-corrected chi connectivity index (χ4v) is 3.60. The molecule has 24 heavy (non-hydrogen) atoms. The molecule has 0 heterocycles. The molecule has 1 nitrogen and oxygen atoms in total. The maximum atomic E-state index is 9.38. The minimum atomic E-state index is -1.26. The van der Waals surface area contributed by atoms with E-state index < -0.39 is 8.07 Å². The number of aromatic hydroxyl groups is 1. The summed E-state index contributed by atoms with van der Waals surface area (Å²) < 4.78 is 0. The van der Waals surface area contributed by atoms with Crippen LogP contribution in [0.4, 0.5) is 0 Å². The number of hydrogen-bond acceptors (Lipinski definition) is 1. The number of phenolic OH excluding ortho intramolecular Hbond substituents is 1. The maximum absolute atomic E-state index is 9.38. The third-order valence-corrected chi connectivity index (χ3v) is 6.19. The first-order valence-corrected chi connectivity index (χ1v) is 11.1. The van der Waals surface area contributed by atoms with E-state index in [0.29, 0.717) is 11.7 Å². The number of aryl methyl sites for hydroxylation is 1. The number of phenols is 1. The van der Waals surface area contributed by atoms with Crippen molar-refractivity contribution in [1.29, 1.82) is 0 Å². The second-order valence-corrected chi connectivity index (χ2v) is 12.2. The van der Waals surface area contributed by atoms with Gasteiger partial charge in [-0.1, -0.05) is 57.6 Å². The van der Waals surface area contributed by atoms with Crippen molar-refractivity contribution in [3.8, 4) is 5.75 Å². The van der Waals surface area contributed by atoms with Gasteiger partial charge in [-0.25, -0.2) is 5.57 Å². The van der Waals surface area contributed by atoms with Gasteiger partial charge in [0.2, 0.25) is 0 Å². The van der Waals surface area contributed by atoms with Crippen molar-refractivity contribution in [1.82, 2.24) is 0 Å². The van der Waals surface area contributed by atoms with Gasteiger partial charge in [0.05, 0.1) is 8.07 Å². The van der Waals surface area contributed by atoms with Gasteiger partial charge in [0.15, 0.2) is 0 Å². The summed E-state index contributed by atoms with van der Waals surface area (Å²) in [5, 5.41) is 10.7. The molecule has 1 aromatic rings. The molecule has 5 heteroatoms. The number of allylic oxidation sites excluding steroid dienone is 4. The van der Waals surface area contributed by atoms with E-state index in [-0.39, 0.29) is 46.5 Å². The summed E-state index contributed by atoms with van der Waals surface area (Å²) in [6.45, 7) is 17.5. The Balaban J connectivity index is -0.000000336. The standard InChI is InChI=1S/C10H16OSi.C9H13.2ClH.Ti/c1-8-5-9(11)7-10(6-8)12(2,3)4;1-6-5-7(2)9(4)8(6)3;;;/h5-7,11H,1-4H3;6H,1-4H3;2*1H;/q;-1;;;/p-2. The average Bonchev–Trinajstić information content (AvgIpc) is 2.55. The molecule has 0 saturated heterocycles. The van der Waals surface area contributed by atoms with Crippen molar-refractivity contribution >= 4 is 13.3 Å². The van der Waals surface area contributed by atoms with E-state index >= 15 is 0 Å². The van der Waals surface area contributed by atoms with Crippen molar-refractivity contribution in [2.75, 3.05) is 0 Å². The third kappa shape index (κ3) is 8.40. The summed E-state index contributed by atoms with van der Waals surface area (Å²) >= 11 is 0. The van der Waals surface area contributed by atoms with Crippen LogP contribution in [0.3, 0.4) is 0 Å². The number of halogens is 2. The molecule has 0 aliphatic heterocycles. The molecule has 1 aliphatic rings. The van der Waals surface area contributed by atoms with Crippen molar-refractivity contribution < 1.29 is 51.6 Å². The van der Waals surface area contributed by atoms with Crippen molar-refractivity contribution in [3.63, 3.8) is 0 Å². The van der Waals surface area contributed by atoms with Crippen LogP contribution in [0.2, 0.25) is 19.6 Å². The van der Waals surface area contributed by atoms with Gasteiger partial charge in [0.1, 0.15) is 5.75 Å². The minimum Gasteiger partial charge on any atom is -1.00 e. The Hall–Kier alpha value is 0.0112. The quantitative estimate of drug-likeness (QED) is 0.456. The minimum absolute atomic E-state index is 0. The summed E-state index contributed by atoms with van der Waals surface area (Å²) in [7, 11) is -1.26. The Kier molecular flexibility index (Phi) is 13.9. The molecule has 0 aromatic heterocycles. The van der Waals surface area contributed by atoms with Gasteiger partial charge in [-0.05, 0) is 24.6 Å². The molecule has 1 atom stereocenters. The molecule has 0 spiro atoms. The Morgan fingerprint density at radius 3 is 1.71 bits per heavy atom. The molecule has 0 amide bonds. The molecule has 1 N–H and O–H groups in total. The van der Waals surface area contributed by atoms with E-state index in [1.807, 2.05) is 13.0 Å². The third-order valence-electron chi connectivity index (χ3n) is 4.16. The molecule has 0 fully saturated rings. The van der Waals surface area contributed by atoms with Crippen molar-refractivity contribution in [2.45, 2.75) is 54.3 Å². The van der Waals surface area contributed by atoms with E-state index in [2.05, 4.69) is 59.5 Å². The predicted molar refractivity (Wildman–Crippen MR) is 95.8 cm³/mol. The van der Waals surface area contributed by atoms with Gasteiger partial charge in [0.25, 0.3) is 0 Å². The van der Waals surface area contributed by atoms with Crippen LogP contribution in [-0.2, 0) is 21.7 Å². The van der Waals surface area contributed by atoms with Gasteiger partial charge in [-0.2, -0.15) is 11.1 Å². The van der Waals surface area contributed by atoms with E-state index in [1.165, 1.54) is 21.9 Å². The molecular weight excluding hydrogens is 391 g/mol. The molecular formula is C19H29Cl2OSiTi-3. The van der Waals surface area contributed by atoms with Gasteiger partial charge in [-0.15, -0.1) is 6.92 Å². The van der Waals surface area contributed by atoms with Crippen LogP contribution in [0.1, 0.15) is 33.3 Å². The smallest absolute Gasteiger partial charge is 0.115 e. The molecule has 1 aliphatic carbocycles. The van der Waals surface area contributed by atoms with Crippen molar-refractivity contribution in [3.05, 3.63) is 46.6 Å². The molecule has 2 rings (SSSR count). The second kappa shape index (κ2) is 11.6. The Morgan fingerprint density at radius 1 is 0.958 bits per heavy atom. The van der Waals surface area contributed by atoms with Gasteiger partial charge >= 0.3 is 0 Å². The van der Waals surface area contributed by atoms with E-state index in [9.17, 15) is 5.11 Å². The fraction of sp³-hybridized carbons (Fsp3) is 0.474. The summed E-state index contributed by atoms with van der Waals surface area (Å²) in [6, 6.07) is 5.86. The van der Waals surface area contributed by atoms with Gasteiger partial charge in [0, 0.05) is 21.7 Å². The number of rotatable bonds is 1. The SMILES string of the molecule is CC1=[C-]C(C)C(C)=C1C.Cc1cc(O)cc([Si](C)(C)C)c1.[Cl-].[Cl-].[Ti]. The van der Waals surface area contributed by atoms with Crippen LogP contribution in [0, 0.1) is 18.9 Å². The zero-order valence-corrected chi connectivity index (χ0v) is 20.1. The second-order valence-electron chi connectivity index (χ2n) is 7.11. The summed E-state index contributed by atoms with van der Waals surface area (Å²) in [5.41, 5.74) is 5.39. The Labute approximate surface area is 176 Å². The Bertz CT molecular complexity index is 569. The average molecular weight is 420 g/mol. The topological polar surface area (TPSA) is 20.2 Å². The van der Waals surface area contributed by atoms with E-state index in [0.717, 1.165) is 5.56 Å². The molecule has 0 saturated carbocycles. The normalized spacial score (nSPS) is 16.0. The monoisotopic (exact) mass is 419 g/mol. The van der Waals surface area contributed by atoms with Crippen LogP contribution < -0.4 is 30.0 Å². The predicted octanol–water partition coefficient (Wildman–Crippen LogP) is -1.03. The summed E-state index contributed by atoms with van der Waals surface area (Å²) in [6.07, 6.45) is 3.36.